The van der Waals surface area contributed by atoms with Gasteiger partial charge in [0, 0.05) is 41.3 Å². The zero-order valence-electron chi connectivity index (χ0n) is 16.4. The third-order valence-electron chi connectivity index (χ3n) is 4.39. The maximum Gasteiger partial charge on any atom is 0.243 e. The molecule has 1 aliphatic rings. The molecule has 1 aliphatic heterocycles. The van der Waals surface area contributed by atoms with Gasteiger partial charge in [-0.15, -0.1) is 24.0 Å². The number of rotatable bonds is 6. The van der Waals surface area contributed by atoms with E-state index in [1.165, 1.54) is 11.3 Å². The van der Waals surface area contributed by atoms with Crippen molar-refractivity contribution < 1.29 is 9.53 Å². The van der Waals surface area contributed by atoms with Crippen molar-refractivity contribution in [1.29, 1.82) is 0 Å². The van der Waals surface area contributed by atoms with Crippen molar-refractivity contribution in [1.82, 2.24) is 24.7 Å². The summed E-state index contributed by atoms with van der Waals surface area (Å²) in [6.45, 7) is 2.09. The van der Waals surface area contributed by atoms with E-state index in [-0.39, 0.29) is 42.5 Å². The van der Waals surface area contributed by atoms with Crippen LogP contribution >= 0.6 is 35.6 Å². The van der Waals surface area contributed by atoms with Crippen LogP contribution in [0.2, 0.25) is 5.15 Å². The predicted octanol–water partition coefficient (Wildman–Crippen LogP) is 1.73. The predicted molar refractivity (Wildman–Crippen MR) is 118 cm³/mol. The number of ether oxygens (including phenoxy) is 1. The first kappa shape index (κ1) is 24.0. The van der Waals surface area contributed by atoms with Gasteiger partial charge in [-0.2, -0.15) is 0 Å². The molecule has 0 spiro atoms. The number of amides is 1. The maximum atomic E-state index is 11.9. The molecule has 1 fully saturated rings. The van der Waals surface area contributed by atoms with Crippen molar-refractivity contribution in [2.24, 2.45) is 12.0 Å². The van der Waals surface area contributed by atoms with Crippen molar-refractivity contribution in [3.05, 3.63) is 17.2 Å². The number of aliphatic imine (C=N–C) groups is 1. The Labute approximate surface area is 183 Å². The number of hydrogen-bond donors (Lipinski definition) is 1. The minimum absolute atomic E-state index is 0. The van der Waals surface area contributed by atoms with Crippen LogP contribution in [0, 0.1) is 0 Å². The van der Waals surface area contributed by atoms with Crippen LogP contribution in [0.15, 0.2) is 11.2 Å². The van der Waals surface area contributed by atoms with Gasteiger partial charge in [0.2, 0.25) is 5.91 Å². The van der Waals surface area contributed by atoms with Gasteiger partial charge >= 0.3 is 0 Å². The average Bonchev–Trinajstić information content (AvgIpc) is 2.94. The third-order valence-corrected chi connectivity index (χ3v) is 4.74. The Kier molecular flexibility index (Phi) is 10.4. The Balaban J connectivity index is 0.00000364. The molecule has 8 nitrogen and oxygen atoms in total. The fourth-order valence-corrected chi connectivity index (χ4v) is 2.77. The number of nitrogens with one attached hydrogen (secondary N) is 1. The van der Waals surface area contributed by atoms with E-state index in [1.807, 2.05) is 23.6 Å². The average molecular weight is 513 g/mol. The number of halogens is 2. The molecule has 10 heteroatoms. The Morgan fingerprint density at radius 3 is 2.74 bits per heavy atom. The summed E-state index contributed by atoms with van der Waals surface area (Å²) in [4.78, 5) is 24.2. The third kappa shape index (κ3) is 7.46. The molecule has 0 radical (unpaired) electrons. The first-order valence-electron chi connectivity index (χ1n) is 8.85. The number of imidazole rings is 1. The van der Waals surface area contributed by atoms with E-state index < -0.39 is 0 Å². The van der Waals surface area contributed by atoms with Gasteiger partial charge in [-0.3, -0.25) is 4.79 Å². The highest BCUT2D eigenvalue weighted by molar-refractivity contribution is 14.0. The molecule has 1 amide bonds. The van der Waals surface area contributed by atoms with Crippen molar-refractivity contribution >= 4 is 47.4 Å². The summed E-state index contributed by atoms with van der Waals surface area (Å²) in [6.07, 6.45) is 5.14. The number of aromatic nitrogens is 2. The van der Waals surface area contributed by atoms with Crippen LogP contribution < -0.4 is 5.32 Å². The van der Waals surface area contributed by atoms with E-state index in [0.717, 1.165) is 25.3 Å². The molecule has 1 N–H and O–H groups in total. The van der Waals surface area contributed by atoms with Crippen molar-refractivity contribution in [2.45, 2.75) is 31.9 Å². The molecule has 1 unspecified atom stereocenters. The SMILES string of the molecule is CN(C)C(=O)CN=C(NCC1CCCCO1)N(C)Cc1ncc(Cl)n1C.I. The van der Waals surface area contributed by atoms with Crippen LogP contribution in [0.5, 0.6) is 0 Å². The lowest BCUT2D eigenvalue weighted by atomic mass is 10.1. The van der Waals surface area contributed by atoms with Gasteiger partial charge in [-0.25, -0.2) is 9.98 Å². The summed E-state index contributed by atoms with van der Waals surface area (Å²) >= 11 is 6.06. The summed E-state index contributed by atoms with van der Waals surface area (Å²) in [5, 5.41) is 3.92. The zero-order valence-corrected chi connectivity index (χ0v) is 19.5. The molecule has 1 atom stereocenters. The summed E-state index contributed by atoms with van der Waals surface area (Å²) < 4.78 is 7.59. The number of likely N-dealkylation sites (N-methyl/N-ethyl adjacent to an activating group) is 1. The Hall–Kier alpha value is -1.07. The lowest BCUT2D eigenvalue weighted by Crippen LogP contribution is -2.44. The van der Waals surface area contributed by atoms with Gasteiger partial charge in [0.1, 0.15) is 17.5 Å². The number of carbonyl (C=O) groups excluding carboxylic acids is 1. The molecule has 0 aliphatic carbocycles. The molecular weight excluding hydrogens is 483 g/mol. The van der Waals surface area contributed by atoms with Crippen molar-refractivity contribution in [3.63, 3.8) is 0 Å². The van der Waals surface area contributed by atoms with Gasteiger partial charge in [0.25, 0.3) is 0 Å². The van der Waals surface area contributed by atoms with Crippen LogP contribution in [0.4, 0.5) is 0 Å². The minimum atomic E-state index is -0.0494. The van der Waals surface area contributed by atoms with Crippen molar-refractivity contribution in [3.8, 4) is 0 Å². The van der Waals surface area contributed by atoms with Crippen LogP contribution in [-0.2, 0) is 23.1 Å². The molecule has 0 saturated carbocycles. The van der Waals surface area contributed by atoms with Gasteiger partial charge in [-0.05, 0) is 19.3 Å². The Morgan fingerprint density at radius 1 is 1.44 bits per heavy atom. The van der Waals surface area contributed by atoms with Crippen LogP contribution in [0.3, 0.4) is 0 Å². The second kappa shape index (κ2) is 11.7. The quantitative estimate of drug-likeness (QED) is 0.357. The molecule has 1 saturated heterocycles. The second-order valence-corrected chi connectivity index (χ2v) is 7.10. The fraction of sp³-hybridized carbons (Fsp3) is 0.706. The maximum absolute atomic E-state index is 11.9. The lowest BCUT2D eigenvalue weighted by Gasteiger charge is -2.27. The number of guanidine groups is 1. The van der Waals surface area contributed by atoms with E-state index >= 15 is 0 Å². The Morgan fingerprint density at radius 2 is 2.19 bits per heavy atom. The highest BCUT2D eigenvalue weighted by Gasteiger charge is 2.17. The van der Waals surface area contributed by atoms with E-state index in [0.29, 0.717) is 24.2 Å². The molecule has 154 valence electrons. The van der Waals surface area contributed by atoms with Gasteiger partial charge < -0.3 is 24.4 Å². The first-order chi connectivity index (χ1) is 12.4. The molecule has 2 rings (SSSR count). The molecule has 2 heterocycles. The standard InChI is InChI=1S/C17H29ClN6O2.HI/c1-22(2)16(25)11-21-17(20-9-13-7-5-6-8-26-13)23(3)12-15-19-10-14(18)24(15)4;/h10,13H,5-9,11-12H2,1-4H3,(H,20,21);1H. The molecule has 1 aromatic rings. The molecule has 1 aromatic heterocycles. The Bertz CT molecular complexity index is 631. The summed E-state index contributed by atoms with van der Waals surface area (Å²) in [6, 6.07) is 0. The zero-order chi connectivity index (χ0) is 19.1. The summed E-state index contributed by atoms with van der Waals surface area (Å²) in [5.74, 6) is 1.42. The molecule has 27 heavy (non-hydrogen) atoms. The normalized spacial score (nSPS) is 17.2. The van der Waals surface area contributed by atoms with Gasteiger partial charge in [-0.1, -0.05) is 11.6 Å². The van der Waals surface area contributed by atoms with Crippen LogP contribution in [0.1, 0.15) is 25.1 Å². The lowest BCUT2D eigenvalue weighted by molar-refractivity contribution is -0.127. The van der Waals surface area contributed by atoms with Gasteiger partial charge in [0.15, 0.2) is 5.96 Å². The van der Waals surface area contributed by atoms with Crippen LogP contribution in [0.25, 0.3) is 0 Å². The highest BCUT2D eigenvalue weighted by Crippen LogP contribution is 2.13. The topological polar surface area (TPSA) is 75.0 Å². The van der Waals surface area contributed by atoms with Crippen LogP contribution in [-0.4, -0.2) is 78.2 Å². The largest absolute Gasteiger partial charge is 0.376 e. The number of hydrogen-bond acceptors (Lipinski definition) is 4. The monoisotopic (exact) mass is 512 g/mol. The molecular formula is C17H30ClIN6O2. The van der Waals surface area contributed by atoms with Gasteiger partial charge in [0.05, 0.1) is 18.8 Å². The van der Waals surface area contributed by atoms with E-state index in [4.69, 9.17) is 16.3 Å². The molecule has 0 aromatic carbocycles. The first-order valence-corrected chi connectivity index (χ1v) is 9.23. The number of nitrogens with zero attached hydrogens (tertiary/aromatic N) is 5. The smallest absolute Gasteiger partial charge is 0.243 e. The number of carbonyl (C=O) groups is 1. The summed E-state index contributed by atoms with van der Waals surface area (Å²) in [7, 11) is 7.23. The minimum Gasteiger partial charge on any atom is -0.376 e. The molecule has 0 bridgehead atoms. The second-order valence-electron chi connectivity index (χ2n) is 6.71. The highest BCUT2D eigenvalue weighted by atomic mass is 127. The van der Waals surface area contributed by atoms with E-state index in [2.05, 4.69) is 15.3 Å². The summed E-state index contributed by atoms with van der Waals surface area (Å²) in [5.41, 5.74) is 0. The van der Waals surface area contributed by atoms with Crippen molar-refractivity contribution in [2.75, 3.05) is 40.8 Å². The van der Waals surface area contributed by atoms with E-state index in [9.17, 15) is 4.79 Å². The van der Waals surface area contributed by atoms with E-state index in [1.54, 1.807) is 20.3 Å². The fourth-order valence-electron chi connectivity index (χ4n) is 2.63.